The molecule has 2 rings (SSSR count). The van der Waals surface area contributed by atoms with Crippen molar-refractivity contribution < 1.29 is 9.00 Å². The number of anilines is 1. The van der Waals surface area contributed by atoms with Gasteiger partial charge in [-0.15, -0.1) is 0 Å². The van der Waals surface area contributed by atoms with Crippen molar-refractivity contribution in [2.24, 2.45) is 0 Å². The number of carbonyl (C=O) groups is 1. The molecule has 1 aromatic heterocycles. The van der Waals surface area contributed by atoms with Crippen molar-refractivity contribution in [3.63, 3.8) is 0 Å². The molecule has 0 unspecified atom stereocenters. The van der Waals surface area contributed by atoms with Gasteiger partial charge in [-0.05, 0) is 24.6 Å². The molecule has 2 aromatic rings. The Hall–Kier alpha value is -2.15. The van der Waals surface area contributed by atoms with E-state index in [1.807, 2.05) is 16.9 Å². The lowest BCUT2D eigenvalue weighted by atomic mass is 10.3. The summed E-state index contributed by atoms with van der Waals surface area (Å²) >= 11 is 0. The number of aromatic nitrogens is 2. The molecule has 0 bridgehead atoms. The van der Waals surface area contributed by atoms with Crippen LogP contribution >= 0.6 is 0 Å². The van der Waals surface area contributed by atoms with Crippen LogP contribution in [0.5, 0.6) is 0 Å². The summed E-state index contributed by atoms with van der Waals surface area (Å²) in [6.45, 7) is 1.30. The molecule has 6 nitrogen and oxygen atoms in total. The van der Waals surface area contributed by atoms with Gasteiger partial charge in [0.1, 0.15) is 0 Å². The summed E-state index contributed by atoms with van der Waals surface area (Å²) in [5, 5.41) is 9.58. The fourth-order valence-electron chi connectivity index (χ4n) is 1.86. The zero-order valence-corrected chi connectivity index (χ0v) is 12.6. The van der Waals surface area contributed by atoms with E-state index in [-0.39, 0.29) is 6.03 Å². The lowest BCUT2D eigenvalue weighted by Crippen LogP contribution is -2.30. The van der Waals surface area contributed by atoms with E-state index in [4.69, 9.17) is 0 Å². The van der Waals surface area contributed by atoms with E-state index in [1.165, 1.54) is 0 Å². The third-order valence-corrected chi connectivity index (χ3v) is 3.83. The van der Waals surface area contributed by atoms with Crippen LogP contribution in [0.25, 0.3) is 0 Å². The molecular weight excluding hydrogens is 288 g/mol. The van der Waals surface area contributed by atoms with E-state index >= 15 is 0 Å². The SMILES string of the molecule is C[S@@](=O)c1ccccc1NC(=O)NCCCn1cccn1. The molecule has 112 valence electrons. The van der Waals surface area contributed by atoms with Crippen LogP contribution in [0.2, 0.25) is 0 Å². The molecule has 0 aliphatic heterocycles. The lowest BCUT2D eigenvalue weighted by molar-refractivity contribution is 0.251. The first-order chi connectivity index (χ1) is 10.2. The van der Waals surface area contributed by atoms with E-state index in [9.17, 15) is 9.00 Å². The highest BCUT2D eigenvalue weighted by Gasteiger charge is 2.08. The second-order valence-electron chi connectivity index (χ2n) is 4.45. The average molecular weight is 306 g/mol. The van der Waals surface area contributed by atoms with Crippen molar-refractivity contribution in [1.29, 1.82) is 0 Å². The highest BCUT2D eigenvalue weighted by atomic mass is 32.2. The number of amides is 2. The summed E-state index contributed by atoms with van der Waals surface area (Å²) in [5.74, 6) is 0. The van der Waals surface area contributed by atoms with Crippen LogP contribution < -0.4 is 10.6 Å². The maximum Gasteiger partial charge on any atom is 0.319 e. The summed E-state index contributed by atoms with van der Waals surface area (Å²) < 4.78 is 13.4. The van der Waals surface area contributed by atoms with Gasteiger partial charge in [-0.3, -0.25) is 8.89 Å². The number of rotatable bonds is 6. The van der Waals surface area contributed by atoms with Gasteiger partial charge in [-0.2, -0.15) is 5.10 Å². The highest BCUT2D eigenvalue weighted by molar-refractivity contribution is 7.84. The first-order valence-electron chi connectivity index (χ1n) is 6.61. The summed E-state index contributed by atoms with van der Waals surface area (Å²) in [5.41, 5.74) is 0.572. The Bertz CT molecular complexity index is 613. The topological polar surface area (TPSA) is 76.0 Å². The molecule has 0 saturated heterocycles. The number of hydrogen-bond acceptors (Lipinski definition) is 3. The summed E-state index contributed by atoms with van der Waals surface area (Å²) in [6.07, 6.45) is 5.98. The first-order valence-corrected chi connectivity index (χ1v) is 8.17. The fraction of sp³-hybridized carbons (Fsp3) is 0.286. The molecule has 1 aromatic carbocycles. The molecule has 0 radical (unpaired) electrons. The quantitative estimate of drug-likeness (QED) is 0.799. The minimum atomic E-state index is -1.14. The largest absolute Gasteiger partial charge is 0.338 e. The van der Waals surface area contributed by atoms with E-state index in [2.05, 4.69) is 15.7 Å². The highest BCUT2D eigenvalue weighted by Crippen LogP contribution is 2.17. The van der Waals surface area contributed by atoms with Crippen LogP contribution in [0.1, 0.15) is 6.42 Å². The fourth-order valence-corrected chi connectivity index (χ4v) is 2.56. The normalized spacial score (nSPS) is 11.9. The van der Waals surface area contributed by atoms with Gasteiger partial charge in [0.05, 0.1) is 21.4 Å². The molecule has 0 spiro atoms. The summed E-state index contributed by atoms with van der Waals surface area (Å²) in [4.78, 5) is 12.4. The number of hydrogen-bond donors (Lipinski definition) is 2. The minimum Gasteiger partial charge on any atom is -0.338 e. The molecule has 1 atom stereocenters. The number of benzene rings is 1. The number of para-hydroxylation sites is 1. The predicted molar refractivity (Wildman–Crippen MR) is 82.6 cm³/mol. The first kappa shape index (κ1) is 15.2. The van der Waals surface area contributed by atoms with Crippen molar-refractivity contribution in [2.45, 2.75) is 17.9 Å². The third kappa shape index (κ3) is 4.71. The Labute approximate surface area is 126 Å². The standard InChI is InChI=1S/C14H18N4O2S/c1-21(20)13-7-3-2-6-12(13)17-14(19)15-8-4-10-18-11-5-9-16-18/h2-3,5-7,9,11H,4,8,10H2,1H3,(H2,15,17,19)/t21-/m1/s1. The van der Waals surface area contributed by atoms with Crippen molar-refractivity contribution in [3.8, 4) is 0 Å². The summed E-state index contributed by atoms with van der Waals surface area (Å²) in [6, 6.07) is 8.63. The zero-order valence-electron chi connectivity index (χ0n) is 11.8. The molecule has 2 N–H and O–H groups in total. The van der Waals surface area contributed by atoms with Crippen molar-refractivity contribution >= 4 is 22.5 Å². The van der Waals surface area contributed by atoms with Gasteiger partial charge in [0, 0.05) is 31.7 Å². The van der Waals surface area contributed by atoms with Crippen LogP contribution in [0, 0.1) is 0 Å². The molecule has 0 fully saturated rings. The lowest BCUT2D eigenvalue weighted by Gasteiger charge is -2.10. The van der Waals surface area contributed by atoms with E-state index in [0.29, 0.717) is 17.1 Å². The van der Waals surface area contributed by atoms with Gasteiger partial charge in [-0.25, -0.2) is 4.79 Å². The second kappa shape index (κ2) is 7.58. The van der Waals surface area contributed by atoms with E-state index in [1.54, 1.807) is 36.7 Å². The van der Waals surface area contributed by atoms with E-state index < -0.39 is 10.8 Å². The Morgan fingerprint density at radius 1 is 1.33 bits per heavy atom. The maximum atomic E-state index is 11.8. The van der Waals surface area contributed by atoms with Gasteiger partial charge in [0.15, 0.2) is 0 Å². The Balaban J connectivity index is 1.78. The van der Waals surface area contributed by atoms with Gasteiger partial charge in [0.2, 0.25) is 0 Å². The van der Waals surface area contributed by atoms with Crippen LogP contribution in [-0.4, -0.2) is 32.8 Å². The van der Waals surface area contributed by atoms with Gasteiger partial charge < -0.3 is 10.6 Å². The number of carbonyl (C=O) groups excluding carboxylic acids is 1. The number of aryl methyl sites for hydroxylation is 1. The Kier molecular flexibility index (Phi) is 5.51. The van der Waals surface area contributed by atoms with Crippen molar-refractivity contribution in [2.75, 3.05) is 18.1 Å². The molecule has 21 heavy (non-hydrogen) atoms. The molecule has 0 aliphatic rings. The number of nitrogens with one attached hydrogen (secondary N) is 2. The molecule has 0 saturated carbocycles. The van der Waals surface area contributed by atoms with Crippen LogP contribution in [0.4, 0.5) is 10.5 Å². The molecule has 1 heterocycles. The summed E-state index contributed by atoms with van der Waals surface area (Å²) in [7, 11) is -1.14. The smallest absolute Gasteiger partial charge is 0.319 e. The van der Waals surface area contributed by atoms with Crippen LogP contribution in [-0.2, 0) is 17.3 Å². The monoisotopic (exact) mass is 306 g/mol. The average Bonchev–Trinajstić information content (AvgIpc) is 2.97. The third-order valence-electron chi connectivity index (χ3n) is 2.85. The maximum absolute atomic E-state index is 11.8. The molecule has 7 heteroatoms. The minimum absolute atomic E-state index is 0.298. The Morgan fingerprint density at radius 2 is 2.14 bits per heavy atom. The molecular formula is C14H18N4O2S. The molecule has 2 amide bonds. The van der Waals surface area contributed by atoms with Crippen molar-refractivity contribution in [1.82, 2.24) is 15.1 Å². The van der Waals surface area contributed by atoms with Crippen LogP contribution in [0.15, 0.2) is 47.6 Å². The zero-order chi connectivity index (χ0) is 15.1. The van der Waals surface area contributed by atoms with Gasteiger partial charge >= 0.3 is 6.03 Å². The van der Waals surface area contributed by atoms with Crippen molar-refractivity contribution in [3.05, 3.63) is 42.7 Å². The predicted octanol–water partition coefficient (Wildman–Crippen LogP) is 1.83. The Morgan fingerprint density at radius 3 is 2.86 bits per heavy atom. The van der Waals surface area contributed by atoms with E-state index in [0.717, 1.165) is 13.0 Å². The number of nitrogens with zero attached hydrogens (tertiary/aromatic N) is 2. The van der Waals surface area contributed by atoms with Gasteiger partial charge in [0.25, 0.3) is 0 Å². The second-order valence-corrected chi connectivity index (χ2v) is 5.80. The molecule has 0 aliphatic carbocycles. The van der Waals surface area contributed by atoms with Crippen LogP contribution in [0.3, 0.4) is 0 Å². The number of urea groups is 1. The van der Waals surface area contributed by atoms with Gasteiger partial charge in [-0.1, -0.05) is 12.1 Å².